The smallest absolute Gasteiger partial charge is 0.149 e. The number of rotatable bonds is 2. The lowest BCUT2D eigenvalue weighted by Gasteiger charge is -1.90. The van der Waals surface area contributed by atoms with E-state index in [1.165, 1.54) is 0 Å². The van der Waals surface area contributed by atoms with Gasteiger partial charge in [0.05, 0.1) is 5.69 Å². The van der Waals surface area contributed by atoms with E-state index in [0.29, 0.717) is 5.82 Å². The third-order valence-electron chi connectivity index (χ3n) is 1.57. The van der Waals surface area contributed by atoms with Gasteiger partial charge in [-0.25, -0.2) is 4.98 Å². The fourth-order valence-corrected chi connectivity index (χ4v) is 0.924. The van der Waals surface area contributed by atoms with E-state index in [-0.39, 0.29) is 0 Å². The number of aromatic amines is 1. The average molecular weight is 223 g/mol. The van der Waals surface area contributed by atoms with Crippen molar-refractivity contribution in [1.82, 2.24) is 9.97 Å². The Bertz CT molecular complexity index is 322. The van der Waals surface area contributed by atoms with Gasteiger partial charge in [0.1, 0.15) is 11.6 Å². The maximum absolute atomic E-state index is 5.62. The van der Waals surface area contributed by atoms with Crippen molar-refractivity contribution >= 4 is 11.9 Å². The Hall–Kier alpha value is -1.51. The predicted octanol–water partition coefficient (Wildman–Crippen LogP) is 3.94. The molecule has 1 rings (SSSR count). The molecular weight excluding hydrogens is 198 g/mol. The van der Waals surface area contributed by atoms with E-state index in [9.17, 15) is 0 Å². The van der Waals surface area contributed by atoms with Crippen molar-refractivity contribution in [2.45, 2.75) is 41.5 Å². The molecule has 3 heteroatoms. The van der Waals surface area contributed by atoms with Gasteiger partial charge in [0.25, 0.3) is 0 Å². The lowest BCUT2D eigenvalue weighted by atomic mass is 10.2. The van der Waals surface area contributed by atoms with Crippen LogP contribution in [0, 0.1) is 6.92 Å². The van der Waals surface area contributed by atoms with Crippen LogP contribution in [0.2, 0.25) is 0 Å². The molecule has 1 aromatic heterocycles. The van der Waals surface area contributed by atoms with Gasteiger partial charge in [-0.05, 0) is 25.5 Å². The first kappa shape index (κ1) is 16.9. The van der Waals surface area contributed by atoms with Crippen molar-refractivity contribution < 1.29 is 0 Å². The molecule has 0 atom stereocenters. The van der Waals surface area contributed by atoms with Crippen LogP contribution >= 0.6 is 0 Å². The summed E-state index contributed by atoms with van der Waals surface area (Å²) in [6, 6.07) is 0. The zero-order chi connectivity index (χ0) is 13.1. The SMILES string of the molecule is C=C/C(C)=C\c1[nH]c(C)nc1N.CC.CC. The van der Waals surface area contributed by atoms with Crippen molar-refractivity contribution in [3.8, 4) is 0 Å². The minimum absolute atomic E-state index is 0.536. The topological polar surface area (TPSA) is 54.7 Å². The summed E-state index contributed by atoms with van der Waals surface area (Å²) in [5.74, 6) is 1.37. The van der Waals surface area contributed by atoms with Gasteiger partial charge in [-0.1, -0.05) is 40.3 Å². The van der Waals surface area contributed by atoms with Crippen molar-refractivity contribution in [3.05, 3.63) is 29.7 Å². The molecule has 3 nitrogen and oxygen atoms in total. The fraction of sp³-hybridized carbons (Fsp3) is 0.462. The Morgan fingerprint density at radius 1 is 1.31 bits per heavy atom. The fourth-order valence-electron chi connectivity index (χ4n) is 0.924. The molecular formula is C13H25N3. The highest BCUT2D eigenvalue weighted by Gasteiger charge is 1.99. The zero-order valence-corrected chi connectivity index (χ0v) is 11.4. The van der Waals surface area contributed by atoms with Gasteiger partial charge >= 0.3 is 0 Å². The number of hydrogen-bond donors (Lipinski definition) is 2. The number of allylic oxidation sites excluding steroid dienone is 2. The van der Waals surface area contributed by atoms with Crippen LogP contribution in [0.25, 0.3) is 6.08 Å². The maximum atomic E-state index is 5.62. The number of aryl methyl sites for hydroxylation is 1. The third-order valence-corrected chi connectivity index (χ3v) is 1.57. The molecule has 3 N–H and O–H groups in total. The molecule has 92 valence electrons. The molecule has 0 saturated heterocycles. The molecule has 1 aromatic rings. The van der Waals surface area contributed by atoms with Gasteiger partial charge in [-0.2, -0.15) is 0 Å². The first-order chi connectivity index (χ1) is 7.63. The molecule has 0 unspecified atom stereocenters. The average Bonchev–Trinajstić information content (AvgIpc) is 2.63. The highest BCUT2D eigenvalue weighted by molar-refractivity contribution is 5.61. The largest absolute Gasteiger partial charge is 0.382 e. The molecule has 0 bridgehead atoms. The Labute approximate surface area is 99.5 Å². The number of anilines is 1. The number of nitrogen functional groups attached to an aromatic ring is 1. The number of hydrogen-bond acceptors (Lipinski definition) is 2. The molecule has 0 aliphatic carbocycles. The minimum atomic E-state index is 0.536. The number of nitrogens with one attached hydrogen (secondary N) is 1. The highest BCUT2D eigenvalue weighted by Crippen LogP contribution is 2.12. The Balaban J connectivity index is 0. The van der Waals surface area contributed by atoms with Gasteiger partial charge in [-0.3, -0.25) is 0 Å². The molecule has 0 aromatic carbocycles. The second-order valence-electron chi connectivity index (χ2n) is 2.71. The standard InChI is InChI=1S/C9H13N3.2C2H6/c1-4-6(2)5-8-9(10)12-7(3)11-8;2*1-2/h4-5H,1,10H2,2-3H3,(H,11,12);2*1-2H3/b6-5-;;. The van der Waals surface area contributed by atoms with Crippen LogP contribution in [-0.4, -0.2) is 9.97 Å². The van der Waals surface area contributed by atoms with Crippen molar-refractivity contribution in [3.63, 3.8) is 0 Å². The van der Waals surface area contributed by atoms with Crippen LogP contribution in [-0.2, 0) is 0 Å². The summed E-state index contributed by atoms with van der Waals surface area (Å²) in [5.41, 5.74) is 7.54. The lowest BCUT2D eigenvalue weighted by molar-refractivity contribution is 1.15. The molecule has 0 aliphatic rings. The summed E-state index contributed by atoms with van der Waals surface area (Å²) in [6.45, 7) is 15.5. The first-order valence-electron chi connectivity index (χ1n) is 5.76. The second-order valence-corrected chi connectivity index (χ2v) is 2.71. The van der Waals surface area contributed by atoms with Crippen molar-refractivity contribution in [2.75, 3.05) is 5.73 Å². The van der Waals surface area contributed by atoms with Crippen molar-refractivity contribution in [2.24, 2.45) is 0 Å². The Kier molecular flexibility index (Phi) is 10.6. The summed E-state index contributed by atoms with van der Waals surface area (Å²) >= 11 is 0. The Morgan fingerprint density at radius 3 is 2.12 bits per heavy atom. The van der Waals surface area contributed by atoms with E-state index < -0.39 is 0 Å². The number of nitrogens with two attached hydrogens (primary N) is 1. The summed E-state index contributed by atoms with van der Waals surface area (Å²) in [4.78, 5) is 7.09. The van der Waals surface area contributed by atoms with E-state index in [4.69, 9.17) is 5.73 Å². The highest BCUT2D eigenvalue weighted by atomic mass is 15.0. The lowest BCUT2D eigenvalue weighted by Crippen LogP contribution is -1.87. The van der Waals surface area contributed by atoms with Crippen LogP contribution in [0.4, 0.5) is 5.82 Å². The van der Waals surface area contributed by atoms with Crippen LogP contribution < -0.4 is 5.73 Å². The molecule has 0 fully saturated rings. The maximum Gasteiger partial charge on any atom is 0.149 e. The molecule has 0 radical (unpaired) electrons. The quantitative estimate of drug-likeness (QED) is 0.746. The minimum Gasteiger partial charge on any atom is -0.382 e. The number of nitrogens with zero attached hydrogens (tertiary/aromatic N) is 1. The number of imidazole rings is 1. The Morgan fingerprint density at radius 2 is 1.81 bits per heavy atom. The van der Waals surface area contributed by atoms with Crippen molar-refractivity contribution in [1.29, 1.82) is 0 Å². The van der Waals surface area contributed by atoms with Gasteiger partial charge in [0.2, 0.25) is 0 Å². The third kappa shape index (κ3) is 6.06. The van der Waals surface area contributed by atoms with Crippen LogP contribution in [0.3, 0.4) is 0 Å². The summed E-state index contributed by atoms with van der Waals surface area (Å²) in [6.07, 6.45) is 3.69. The van der Waals surface area contributed by atoms with E-state index in [0.717, 1.165) is 17.1 Å². The van der Waals surface area contributed by atoms with E-state index in [1.807, 2.05) is 47.6 Å². The molecule has 1 heterocycles. The number of H-pyrrole nitrogens is 1. The zero-order valence-electron chi connectivity index (χ0n) is 11.4. The molecule has 0 amide bonds. The van der Waals surface area contributed by atoms with Crippen LogP contribution in [0.15, 0.2) is 18.2 Å². The van der Waals surface area contributed by atoms with E-state index >= 15 is 0 Å². The van der Waals surface area contributed by atoms with Gasteiger partial charge in [0, 0.05) is 0 Å². The summed E-state index contributed by atoms with van der Waals surface area (Å²) in [7, 11) is 0. The van der Waals surface area contributed by atoms with Crippen LogP contribution in [0.5, 0.6) is 0 Å². The predicted molar refractivity (Wildman–Crippen MR) is 74.3 cm³/mol. The van der Waals surface area contributed by atoms with Gasteiger partial charge in [-0.15, -0.1) is 0 Å². The molecule has 0 aliphatic heterocycles. The van der Waals surface area contributed by atoms with E-state index in [2.05, 4.69) is 16.5 Å². The van der Waals surface area contributed by atoms with E-state index in [1.54, 1.807) is 6.08 Å². The van der Waals surface area contributed by atoms with Crippen LogP contribution in [0.1, 0.15) is 46.1 Å². The molecule has 0 saturated carbocycles. The molecule has 0 spiro atoms. The normalized spacial score (nSPS) is 9.50. The monoisotopic (exact) mass is 223 g/mol. The summed E-state index contributed by atoms with van der Waals surface area (Å²) < 4.78 is 0. The molecule has 16 heavy (non-hydrogen) atoms. The van der Waals surface area contributed by atoms with Gasteiger partial charge < -0.3 is 10.7 Å². The summed E-state index contributed by atoms with van der Waals surface area (Å²) in [5, 5.41) is 0. The second kappa shape index (κ2) is 10.0. The van der Waals surface area contributed by atoms with Gasteiger partial charge in [0.15, 0.2) is 0 Å². The first-order valence-corrected chi connectivity index (χ1v) is 5.76. The number of aromatic nitrogens is 2.